The zero-order valence-electron chi connectivity index (χ0n) is 14.7. The summed E-state index contributed by atoms with van der Waals surface area (Å²) in [6.45, 7) is 5.88. The van der Waals surface area contributed by atoms with E-state index in [1.807, 2.05) is 31.2 Å². The van der Waals surface area contributed by atoms with Crippen molar-refractivity contribution in [3.8, 4) is 0 Å². The van der Waals surface area contributed by atoms with Crippen molar-refractivity contribution < 1.29 is 18.4 Å². The Hall–Kier alpha value is -2.25. The van der Waals surface area contributed by atoms with Gasteiger partial charge in [-0.25, -0.2) is 4.79 Å². The first-order chi connectivity index (χ1) is 12.1. The highest BCUT2D eigenvalue weighted by Gasteiger charge is 2.26. The summed E-state index contributed by atoms with van der Waals surface area (Å²) in [5.74, 6) is 2.49. The molecule has 7 heteroatoms. The fraction of sp³-hybridized carbons (Fsp3) is 0.500. The highest BCUT2D eigenvalue weighted by molar-refractivity contribution is 5.73. The van der Waals surface area contributed by atoms with Crippen molar-refractivity contribution in [1.82, 2.24) is 15.1 Å². The van der Waals surface area contributed by atoms with E-state index in [2.05, 4.69) is 10.2 Å². The third-order valence-corrected chi connectivity index (χ3v) is 4.34. The lowest BCUT2D eigenvalue weighted by atomic mass is 10.1. The van der Waals surface area contributed by atoms with Crippen LogP contribution >= 0.6 is 0 Å². The number of carbonyl (C=O) groups is 1. The molecular formula is C18H25N3O4. The lowest BCUT2D eigenvalue weighted by Gasteiger charge is -2.33. The first-order valence-corrected chi connectivity index (χ1v) is 8.53. The monoisotopic (exact) mass is 347 g/mol. The Morgan fingerprint density at radius 3 is 2.76 bits per heavy atom. The van der Waals surface area contributed by atoms with E-state index in [4.69, 9.17) is 13.6 Å². The summed E-state index contributed by atoms with van der Waals surface area (Å²) in [6, 6.07) is 7.46. The number of morpholine rings is 1. The lowest BCUT2D eigenvalue weighted by Crippen LogP contribution is -2.45. The van der Waals surface area contributed by atoms with Gasteiger partial charge in [0, 0.05) is 26.7 Å². The van der Waals surface area contributed by atoms with Crippen LogP contribution in [-0.4, -0.2) is 55.7 Å². The smallest absolute Gasteiger partial charge is 0.317 e. The molecule has 0 radical (unpaired) electrons. The van der Waals surface area contributed by atoms with Gasteiger partial charge < -0.3 is 23.8 Å². The predicted octanol–water partition coefficient (Wildman–Crippen LogP) is 2.40. The third-order valence-electron chi connectivity index (χ3n) is 4.34. The van der Waals surface area contributed by atoms with Crippen molar-refractivity contribution in [3.05, 3.63) is 47.8 Å². The van der Waals surface area contributed by atoms with Crippen molar-refractivity contribution in [1.29, 1.82) is 0 Å². The number of carbonyl (C=O) groups excluding carboxylic acids is 1. The zero-order valence-corrected chi connectivity index (χ0v) is 14.7. The van der Waals surface area contributed by atoms with Crippen LogP contribution in [0.1, 0.15) is 23.3 Å². The molecule has 1 N–H and O–H groups in total. The Morgan fingerprint density at radius 1 is 1.32 bits per heavy atom. The van der Waals surface area contributed by atoms with Crippen molar-refractivity contribution in [2.24, 2.45) is 0 Å². The Kier molecular flexibility index (Phi) is 5.78. The van der Waals surface area contributed by atoms with E-state index in [1.54, 1.807) is 18.2 Å². The van der Waals surface area contributed by atoms with Gasteiger partial charge in [0.25, 0.3) is 0 Å². The third kappa shape index (κ3) is 4.64. The molecule has 0 aliphatic carbocycles. The summed E-state index contributed by atoms with van der Waals surface area (Å²) in [5, 5.41) is 3.00. The number of furan rings is 2. The van der Waals surface area contributed by atoms with E-state index in [9.17, 15) is 4.79 Å². The van der Waals surface area contributed by atoms with Gasteiger partial charge in [-0.2, -0.15) is 0 Å². The quantitative estimate of drug-likeness (QED) is 0.869. The van der Waals surface area contributed by atoms with Crippen LogP contribution in [0.25, 0.3) is 0 Å². The number of urea groups is 1. The van der Waals surface area contributed by atoms with Gasteiger partial charge in [-0.05, 0) is 31.2 Å². The minimum atomic E-state index is -0.141. The maximum Gasteiger partial charge on any atom is 0.317 e. The van der Waals surface area contributed by atoms with Crippen molar-refractivity contribution in [2.75, 3.05) is 39.9 Å². The number of rotatable bonds is 6. The van der Waals surface area contributed by atoms with Crippen molar-refractivity contribution in [2.45, 2.75) is 19.5 Å². The largest absolute Gasteiger partial charge is 0.467 e. The minimum absolute atomic E-state index is 0.00133. The molecule has 1 unspecified atom stereocenters. The molecule has 2 aromatic heterocycles. The van der Waals surface area contributed by atoms with Gasteiger partial charge in [0.05, 0.1) is 32.1 Å². The van der Waals surface area contributed by atoms with Crippen LogP contribution in [-0.2, 0) is 11.3 Å². The van der Waals surface area contributed by atoms with Gasteiger partial charge in [0.15, 0.2) is 0 Å². The molecule has 1 aliphatic heterocycles. The number of nitrogens with zero attached hydrogens (tertiary/aromatic N) is 2. The Morgan fingerprint density at radius 2 is 2.12 bits per heavy atom. The van der Waals surface area contributed by atoms with Crippen LogP contribution in [0, 0.1) is 6.92 Å². The number of aryl methyl sites for hydroxylation is 1. The molecule has 0 saturated carbocycles. The molecule has 2 amide bonds. The molecule has 3 heterocycles. The van der Waals surface area contributed by atoms with E-state index in [-0.39, 0.29) is 12.1 Å². The summed E-state index contributed by atoms with van der Waals surface area (Å²) >= 11 is 0. The van der Waals surface area contributed by atoms with Gasteiger partial charge in [-0.1, -0.05) is 0 Å². The van der Waals surface area contributed by atoms with E-state index >= 15 is 0 Å². The molecule has 1 saturated heterocycles. The maximum absolute atomic E-state index is 12.4. The number of amides is 2. The van der Waals surface area contributed by atoms with Crippen LogP contribution in [0.3, 0.4) is 0 Å². The highest BCUT2D eigenvalue weighted by atomic mass is 16.5. The topological polar surface area (TPSA) is 71.1 Å². The highest BCUT2D eigenvalue weighted by Crippen LogP contribution is 2.23. The standard InChI is InChI=1S/C18H25N3O4/c1-14-5-6-17(25-14)16(21-7-10-23-11-8-21)12-19-18(22)20(2)13-15-4-3-9-24-15/h3-6,9,16H,7-8,10-13H2,1-2H3,(H,19,22). The summed E-state index contributed by atoms with van der Waals surface area (Å²) < 4.78 is 16.5. The van der Waals surface area contributed by atoms with Gasteiger partial charge in [-0.3, -0.25) is 4.90 Å². The second-order valence-corrected chi connectivity index (χ2v) is 6.23. The van der Waals surface area contributed by atoms with Crippen molar-refractivity contribution in [3.63, 3.8) is 0 Å². The average molecular weight is 347 g/mol. The molecule has 0 spiro atoms. The summed E-state index contributed by atoms with van der Waals surface area (Å²) in [7, 11) is 1.75. The molecule has 25 heavy (non-hydrogen) atoms. The number of ether oxygens (including phenoxy) is 1. The lowest BCUT2D eigenvalue weighted by molar-refractivity contribution is 0.0119. The molecule has 0 bridgehead atoms. The summed E-state index contributed by atoms with van der Waals surface area (Å²) in [5.41, 5.74) is 0. The van der Waals surface area contributed by atoms with Gasteiger partial charge in [0.1, 0.15) is 17.3 Å². The summed E-state index contributed by atoms with van der Waals surface area (Å²) in [6.07, 6.45) is 1.61. The summed E-state index contributed by atoms with van der Waals surface area (Å²) in [4.78, 5) is 16.3. The van der Waals surface area contributed by atoms with Crippen LogP contribution in [0.2, 0.25) is 0 Å². The number of nitrogens with one attached hydrogen (secondary N) is 1. The van der Waals surface area contributed by atoms with Crippen LogP contribution < -0.4 is 5.32 Å². The fourth-order valence-corrected chi connectivity index (χ4v) is 2.96. The maximum atomic E-state index is 12.4. The van der Waals surface area contributed by atoms with Gasteiger partial charge in [-0.15, -0.1) is 0 Å². The van der Waals surface area contributed by atoms with E-state index in [0.717, 1.165) is 30.4 Å². The molecule has 136 valence electrons. The molecule has 3 rings (SSSR count). The van der Waals surface area contributed by atoms with Crippen molar-refractivity contribution >= 4 is 6.03 Å². The Bertz CT molecular complexity index is 662. The molecule has 1 aliphatic rings. The SMILES string of the molecule is Cc1ccc(C(CNC(=O)N(C)Cc2ccco2)N2CCOCC2)o1. The molecule has 2 aromatic rings. The first-order valence-electron chi connectivity index (χ1n) is 8.53. The molecule has 0 aromatic carbocycles. The Labute approximate surface area is 147 Å². The number of hydrogen-bond acceptors (Lipinski definition) is 5. The second kappa shape index (κ2) is 8.22. The van der Waals surface area contributed by atoms with Crippen LogP contribution in [0.4, 0.5) is 4.79 Å². The van der Waals surface area contributed by atoms with E-state index in [1.165, 1.54) is 0 Å². The van der Waals surface area contributed by atoms with Gasteiger partial charge in [0.2, 0.25) is 0 Å². The Balaban J connectivity index is 1.60. The van der Waals surface area contributed by atoms with E-state index in [0.29, 0.717) is 26.3 Å². The predicted molar refractivity (Wildman–Crippen MR) is 92.2 cm³/mol. The van der Waals surface area contributed by atoms with Crippen LogP contribution in [0.15, 0.2) is 39.4 Å². The van der Waals surface area contributed by atoms with Crippen LogP contribution in [0.5, 0.6) is 0 Å². The average Bonchev–Trinajstić information content (AvgIpc) is 3.28. The second-order valence-electron chi connectivity index (χ2n) is 6.23. The zero-order chi connectivity index (χ0) is 17.6. The van der Waals surface area contributed by atoms with E-state index < -0.39 is 0 Å². The first kappa shape index (κ1) is 17.6. The molecule has 7 nitrogen and oxygen atoms in total. The molecule has 1 atom stereocenters. The fourth-order valence-electron chi connectivity index (χ4n) is 2.96. The van der Waals surface area contributed by atoms with Gasteiger partial charge >= 0.3 is 6.03 Å². The minimum Gasteiger partial charge on any atom is -0.467 e. The normalized spacial score (nSPS) is 16.6. The molecule has 1 fully saturated rings. The number of hydrogen-bond donors (Lipinski definition) is 1. The molecular weight excluding hydrogens is 322 g/mol.